The summed E-state index contributed by atoms with van der Waals surface area (Å²) in [4.78, 5) is 4.58. The fraction of sp³-hybridized carbons (Fsp3) is 0.643. The summed E-state index contributed by atoms with van der Waals surface area (Å²) >= 11 is 2.04. The normalized spacial score (nSPS) is 18.8. The first-order valence-electron chi connectivity index (χ1n) is 7.30. The molecule has 7 heteroatoms. The zero-order valence-corrected chi connectivity index (χ0v) is 13.6. The van der Waals surface area contributed by atoms with Gasteiger partial charge in [0.15, 0.2) is 11.8 Å². The van der Waals surface area contributed by atoms with E-state index in [1.54, 1.807) is 0 Å². The van der Waals surface area contributed by atoms with Crippen molar-refractivity contribution in [3.8, 4) is 0 Å². The molecule has 2 rings (SSSR count). The van der Waals surface area contributed by atoms with Gasteiger partial charge >= 0.3 is 0 Å². The lowest BCUT2D eigenvalue weighted by atomic mass is 10.2. The predicted octanol–water partition coefficient (Wildman–Crippen LogP) is 1.24. The van der Waals surface area contributed by atoms with Crippen molar-refractivity contribution in [2.45, 2.75) is 31.6 Å². The third kappa shape index (κ3) is 4.77. The van der Waals surface area contributed by atoms with Crippen LogP contribution in [0.25, 0.3) is 0 Å². The average Bonchev–Trinajstić information content (AvgIpc) is 3.11. The number of guanidine groups is 1. The van der Waals surface area contributed by atoms with Crippen LogP contribution in [0.1, 0.15) is 24.5 Å². The van der Waals surface area contributed by atoms with Crippen LogP contribution in [0.4, 0.5) is 0 Å². The van der Waals surface area contributed by atoms with Crippen molar-refractivity contribution in [3.05, 3.63) is 24.3 Å². The monoisotopic (exact) mass is 308 g/mol. The molecule has 1 saturated heterocycles. The van der Waals surface area contributed by atoms with Gasteiger partial charge in [0.2, 0.25) is 0 Å². The Hall–Kier alpha value is -1.50. The van der Waals surface area contributed by atoms with E-state index < -0.39 is 0 Å². The summed E-state index contributed by atoms with van der Waals surface area (Å²) < 4.78 is 1.96. The van der Waals surface area contributed by atoms with Crippen LogP contribution in [0.5, 0.6) is 0 Å². The number of aryl methyl sites for hydroxylation is 1. The molecule has 21 heavy (non-hydrogen) atoms. The molecule has 0 amide bonds. The summed E-state index contributed by atoms with van der Waals surface area (Å²) in [6.45, 7) is 7.83. The highest BCUT2D eigenvalue weighted by molar-refractivity contribution is 8.00. The van der Waals surface area contributed by atoms with Crippen LogP contribution in [0.15, 0.2) is 17.6 Å². The summed E-state index contributed by atoms with van der Waals surface area (Å²) in [7, 11) is 1.96. The van der Waals surface area contributed by atoms with Crippen LogP contribution < -0.4 is 10.6 Å². The van der Waals surface area contributed by atoms with E-state index in [-0.39, 0.29) is 0 Å². The molecule has 0 aliphatic carbocycles. The summed E-state index contributed by atoms with van der Waals surface area (Å²) in [5.41, 5.74) is 0. The van der Waals surface area contributed by atoms with Gasteiger partial charge in [-0.05, 0) is 25.5 Å². The first-order valence-corrected chi connectivity index (χ1v) is 8.35. The highest BCUT2D eigenvalue weighted by Crippen LogP contribution is 2.25. The van der Waals surface area contributed by atoms with Crippen LogP contribution in [-0.2, 0) is 13.6 Å². The molecule has 1 aliphatic heterocycles. The van der Waals surface area contributed by atoms with Gasteiger partial charge in [-0.3, -0.25) is 0 Å². The molecule has 1 unspecified atom stereocenters. The van der Waals surface area contributed by atoms with Gasteiger partial charge in [-0.25, -0.2) is 4.99 Å². The second kappa shape index (κ2) is 8.07. The smallest absolute Gasteiger partial charge is 0.191 e. The third-order valence-corrected chi connectivity index (χ3v) is 4.89. The number of nitrogens with zero attached hydrogens (tertiary/aromatic N) is 4. The van der Waals surface area contributed by atoms with Crippen LogP contribution >= 0.6 is 11.8 Å². The zero-order valence-electron chi connectivity index (χ0n) is 12.8. The van der Waals surface area contributed by atoms with Gasteiger partial charge in [-0.1, -0.05) is 6.08 Å². The number of hydrogen-bond donors (Lipinski definition) is 2. The van der Waals surface area contributed by atoms with E-state index in [9.17, 15) is 0 Å². The van der Waals surface area contributed by atoms with Crippen LogP contribution in [0.2, 0.25) is 0 Å². The third-order valence-electron chi connectivity index (χ3n) is 3.50. The number of nitrogens with one attached hydrogen (secondary N) is 2. The molecular formula is C14H24N6S. The molecular weight excluding hydrogens is 284 g/mol. The van der Waals surface area contributed by atoms with Crippen molar-refractivity contribution in [1.29, 1.82) is 0 Å². The minimum absolute atomic E-state index is 0.516. The van der Waals surface area contributed by atoms with Crippen LogP contribution in [-0.4, -0.2) is 44.8 Å². The lowest BCUT2D eigenvalue weighted by Gasteiger charge is -2.14. The van der Waals surface area contributed by atoms with E-state index in [2.05, 4.69) is 32.4 Å². The Labute approximate surface area is 130 Å². The Morgan fingerprint density at radius 3 is 3.00 bits per heavy atom. The largest absolute Gasteiger partial charge is 0.355 e. The Morgan fingerprint density at radius 1 is 1.52 bits per heavy atom. The van der Waals surface area contributed by atoms with Crippen molar-refractivity contribution >= 4 is 17.7 Å². The fourth-order valence-corrected chi connectivity index (χ4v) is 3.30. The fourth-order valence-electron chi connectivity index (χ4n) is 2.10. The molecule has 1 aromatic heterocycles. The molecule has 2 heterocycles. The van der Waals surface area contributed by atoms with E-state index in [0.29, 0.717) is 18.3 Å². The van der Waals surface area contributed by atoms with Crippen LogP contribution in [0, 0.1) is 6.92 Å². The van der Waals surface area contributed by atoms with E-state index >= 15 is 0 Å². The molecule has 116 valence electrons. The predicted molar refractivity (Wildman–Crippen MR) is 88.6 cm³/mol. The van der Waals surface area contributed by atoms with Crippen molar-refractivity contribution < 1.29 is 0 Å². The standard InChI is InChI=1S/C14H24N6S/c1-4-7-15-14(16-9-12-6-5-8-21-12)17-10-13-19-18-11(2)20(13)3/h4,12H,1,5-10H2,2-3H3,(H2,15,16,17). The first-order chi connectivity index (χ1) is 10.2. The average molecular weight is 308 g/mol. The number of rotatable bonds is 6. The first kappa shape index (κ1) is 15.9. The topological polar surface area (TPSA) is 67.1 Å². The summed E-state index contributed by atoms with van der Waals surface area (Å²) in [5.74, 6) is 3.85. The number of aliphatic imine (C=N–C) groups is 1. The maximum Gasteiger partial charge on any atom is 0.191 e. The molecule has 0 radical (unpaired) electrons. The van der Waals surface area contributed by atoms with Gasteiger partial charge in [-0.2, -0.15) is 11.8 Å². The Kier molecular flexibility index (Phi) is 6.10. The highest BCUT2D eigenvalue weighted by atomic mass is 32.2. The molecule has 0 aromatic carbocycles. The quantitative estimate of drug-likeness (QED) is 0.470. The van der Waals surface area contributed by atoms with Crippen molar-refractivity contribution in [2.24, 2.45) is 12.0 Å². The van der Waals surface area contributed by atoms with Gasteiger partial charge in [-0.15, -0.1) is 16.8 Å². The van der Waals surface area contributed by atoms with Gasteiger partial charge in [0.05, 0.1) is 0 Å². The minimum atomic E-state index is 0.516. The van der Waals surface area contributed by atoms with E-state index in [4.69, 9.17) is 0 Å². The van der Waals surface area contributed by atoms with Gasteiger partial charge < -0.3 is 15.2 Å². The van der Waals surface area contributed by atoms with Crippen molar-refractivity contribution in [2.75, 3.05) is 18.8 Å². The maximum atomic E-state index is 4.58. The molecule has 2 N–H and O–H groups in total. The van der Waals surface area contributed by atoms with Crippen molar-refractivity contribution in [3.63, 3.8) is 0 Å². The second-order valence-electron chi connectivity index (χ2n) is 5.07. The van der Waals surface area contributed by atoms with Gasteiger partial charge in [0.25, 0.3) is 0 Å². The molecule has 1 aliphatic rings. The highest BCUT2D eigenvalue weighted by Gasteiger charge is 2.15. The van der Waals surface area contributed by atoms with E-state index in [1.165, 1.54) is 18.6 Å². The molecule has 0 saturated carbocycles. The molecule has 1 fully saturated rings. The van der Waals surface area contributed by atoms with E-state index in [1.807, 2.05) is 36.4 Å². The molecule has 1 aromatic rings. The molecule has 0 bridgehead atoms. The summed E-state index contributed by atoms with van der Waals surface area (Å²) in [5, 5.41) is 15.5. The lowest BCUT2D eigenvalue weighted by molar-refractivity contribution is 0.722. The summed E-state index contributed by atoms with van der Waals surface area (Å²) in [6, 6.07) is 0. The van der Waals surface area contributed by atoms with Crippen LogP contribution in [0.3, 0.4) is 0 Å². The molecule has 6 nitrogen and oxygen atoms in total. The number of aromatic nitrogens is 3. The lowest BCUT2D eigenvalue weighted by Crippen LogP contribution is -2.40. The Balaban J connectivity index is 1.91. The number of thioether (sulfide) groups is 1. The molecule has 1 atom stereocenters. The van der Waals surface area contributed by atoms with Gasteiger partial charge in [0, 0.05) is 25.4 Å². The number of hydrogen-bond acceptors (Lipinski definition) is 4. The summed E-state index contributed by atoms with van der Waals surface area (Å²) in [6.07, 6.45) is 4.44. The minimum Gasteiger partial charge on any atom is -0.355 e. The molecule has 0 spiro atoms. The van der Waals surface area contributed by atoms with E-state index in [0.717, 1.165) is 24.2 Å². The van der Waals surface area contributed by atoms with Crippen molar-refractivity contribution in [1.82, 2.24) is 25.4 Å². The maximum absolute atomic E-state index is 4.58. The van der Waals surface area contributed by atoms with Gasteiger partial charge in [0.1, 0.15) is 12.4 Å². The zero-order chi connectivity index (χ0) is 15.1. The Bertz CT molecular complexity index is 490. The second-order valence-corrected chi connectivity index (χ2v) is 6.48. The SMILES string of the molecule is C=CCNC(=NCc1nnc(C)n1C)NCC1CCCS1. The Morgan fingerprint density at radius 2 is 2.38 bits per heavy atom.